The molecule has 0 radical (unpaired) electrons. The van der Waals surface area contributed by atoms with E-state index in [1.54, 1.807) is 0 Å². The summed E-state index contributed by atoms with van der Waals surface area (Å²) in [5, 5.41) is 12.9. The third kappa shape index (κ3) is 12.9. The lowest BCUT2D eigenvalue weighted by molar-refractivity contribution is -0.0449. The first-order chi connectivity index (χ1) is 17.6. The molecule has 1 saturated heterocycles. The zero-order chi connectivity index (χ0) is 29.1. The Bertz CT molecular complexity index is 1060. The van der Waals surface area contributed by atoms with E-state index in [1.165, 1.54) is 31.9 Å². The second kappa shape index (κ2) is 15.6. The smallest absolute Gasteiger partial charge is 0.390 e. The van der Waals surface area contributed by atoms with Crippen LogP contribution in [0.1, 0.15) is 33.4 Å². The summed E-state index contributed by atoms with van der Waals surface area (Å²) in [6.45, 7) is 9.98. The first-order valence-corrected chi connectivity index (χ1v) is 16.0. The highest BCUT2D eigenvalue weighted by Crippen LogP contribution is 2.66. The SMILES string of the molecule is CCN(CC)CC.NCCNc1ccn([C@H]2C[C@H](O)[C@@H](COP(=O)(O)OP(=O)(O)OP(=O)(O)O)O2)c(=O)n1. The Morgan fingerprint density at radius 2 is 1.74 bits per heavy atom. The molecule has 1 aliphatic heterocycles. The maximum Gasteiger partial charge on any atom is 0.490 e. The minimum atomic E-state index is -5.66. The van der Waals surface area contributed by atoms with E-state index in [0.717, 1.165) is 4.57 Å². The molecule has 1 aromatic heterocycles. The van der Waals surface area contributed by atoms with E-state index < -0.39 is 54.2 Å². The van der Waals surface area contributed by atoms with Crippen LogP contribution < -0.4 is 16.7 Å². The number of ether oxygens (including phenoxy) is 1. The fraction of sp³-hybridized carbons (Fsp3) is 0.765. The van der Waals surface area contributed by atoms with Gasteiger partial charge in [0, 0.05) is 25.7 Å². The largest absolute Gasteiger partial charge is 0.490 e. The van der Waals surface area contributed by atoms with Crippen molar-refractivity contribution in [2.24, 2.45) is 5.73 Å². The molecule has 2 rings (SSSR count). The fourth-order valence-corrected chi connectivity index (χ4v) is 6.14. The molecular formula is C17H36N5O13P3. The minimum Gasteiger partial charge on any atom is -0.390 e. The van der Waals surface area contributed by atoms with Gasteiger partial charge in [-0.1, -0.05) is 20.8 Å². The summed E-state index contributed by atoms with van der Waals surface area (Å²) < 4.78 is 51.6. The normalized spacial score (nSPS) is 22.8. The van der Waals surface area contributed by atoms with Crippen LogP contribution in [0.4, 0.5) is 5.82 Å². The van der Waals surface area contributed by atoms with Crippen molar-refractivity contribution in [3.63, 3.8) is 0 Å². The molecule has 0 spiro atoms. The first-order valence-electron chi connectivity index (χ1n) is 11.4. The van der Waals surface area contributed by atoms with Gasteiger partial charge in [-0.15, -0.1) is 0 Å². The summed E-state index contributed by atoms with van der Waals surface area (Å²) in [7, 11) is -16.6. The van der Waals surface area contributed by atoms with Gasteiger partial charge in [0.25, 0.3) is 0 Å². The molecule has 5 atom stereocenters. The Balaban J connectivity index is 0.000000905. The fourth-order valence-electron chi connectivity index (χ4n) is 3.11. The standard InChI is InChI=1S/C11H21N4O13P3.C6H15N/c12-2-3-13-9-1-4-15(11(17)14-9)10-5-7(16)8(26-10)6-25-30(21,22)28-31(23,24)27-29(18,19)20;1-4-7(5-2)6-3/h1,4,7-8,10,16H,2-3,5-6,12H2,(H,21,22)(H,23,24)(H,13,14,17)(H2,18,19,20);4-6H2,1-3H3/t7-,8+,10+;/m0./s1. The van der Waals surface area contributed by atoms with Crippen molar-refractivity contribution in [3.05, 3.63) is 22.7 Å². The molecule has 21 heteroatoms. The highest BCUT2D eigenvalue weighted by molar-refractivity contribution is 7.66. The molecule has 38 heavy (non-hydrogen) atoms. The van der Waals surface area contributed by atoms with Crippen LogP contribution in [-0.2, 0) is 31.6 Å². The Morgan fingerprint density at radius 3 is 2.21 bits per heavy atom. The summed E-state index contributed by atoms with van der Waals surface area (Å²) in [6.07, 6.45) is -2.33. The van der Waals surface area contributed by atoms with Crippen LogP contribution in [0, 0.1) is 0 Å². The van der Waals surface area contributed by atoms with Crippen molar-refractivity contribution in [2.45, 2.75) is 45.6 Å². The van der Waals surface area contributed by atoms with Crippen LogP contribution in [-0.4, -0.2) is 90.7 Å². The number of aromatic nitrogens is 2. The first kappa shape index (κ1) is 35.0. The lowest BCUT2D eigenvalue weighted by atomic mass is 10.2. The molecule has 18 nitrogen and oxygen atoms in total. The molecule has 0 bridgehead atoms. The van der Waals surface area contributed by atoms with Gasteiger partial charge in [0.2, 0.25) is 0 Å². The maximum absolute atomic E-state index is 12.1. The zero-order valence-corrected chi connectivity index (χ0v) is 23.8. The molecule has 1 aliphatic rings. The predicted molar refractivity (Wildman–Crippen MR) is 134 cm³/mol. The van der Waals surface area contributed by atoms with Crippen molar-refractivity contribution in [1.82, 2.24) is 14.5 Å². The number of hydrogen-bond acceptors (Lipinski definition) is 13. The molecule has 0 amide bonds. The van der Waals surface area contributed by atoms with Crippen LogP contribution in [0.2, 0.25) is 0 Å². The van der Waals surface area contributed by atoms with Crippen LogP contribution >= 0.6 is 23.5 Å². The third-order valence-electron chi connectivity index (χ3n) is 4.95. The highest BCUT2D eigenvalue weighted by atomic mass is 31.3. The van der Waals surface area contributed by atoms with E-state index in [1.807, 2.05) is 0 Å². The molecule has 222 valence electrons. The maximum atomic E-state index is 12.1. The van der Waals surface area contributed by atoms with Gasteiger partial charge in [0.05, 0.1) is 12.7 Å². The number of phosphoric acid groups is 3. The van der Waals surface area contributed by atoms with E-state index in [2.05, 4.69) is 49.1 Å². The van der Waals surface area contributed by atoms with Gasteiger partial charge < -0.3 is 45.4 Å². The lowest BCUT2D eigenvalue weighted by Crippen LogP contribution is -2.28. The number of nitrogens with zero attached hydrogens (tertiary/aromatic N) is 3. The molecule has 0 saturated carbocycles. The van der Waals surface area contributed by atoms with Crippen LogP contribution in [0.25, 0.3) is 0 Å². The summed E-state index contributed by atoms with van der Waals surface area (Å²) in [6, 6.07) is 1.46. The summed E-state index contributed by atoms with van der Waals surface area (Å²) in [5.74, 6) is 0.273. The summed E-state index contributed by atoms with van der Waals surface area (Å²) in [5.41, 5.74) is 4.63. The van der Waals surface area contributed by atoms with Crippen LogP contribution in [0.15, 0.2) is 17.1 Å². The second-order valence-electron chi connectivity index (χ2n) is 7.66. The number of anilines is 1. The van der Waals surface area contributed by atoms with E-state index in [4.69, 9.17) is 25.2 Å². The van der Waals surface area contributed by atoms with E-state index in [0.29, 0.717) is 13.1 Å². The molecule has 1 fully saturated rings. The Hall–Kier alpha value is -1.07. The Labute approximate surface area is 219 Å². The average molecular weight is 611 g/mol. The number of aliphatic hydroxyl groups excluding tert-OH is 1. The van der Waals surface area contributed by atoms with Crippen molar-refractivity contribution in [2.75, 3.05) is 44.6 Å². The van der Waals surface area contributed by atoms with E-state index >= 15 is 0 Å². The lowest BCUT2D eigenvalue weighted by Gasteiger charge is -2.19. The highest BCUT2D eigenvalue weighted by Gasteiger charge is 2.42. The van der Waals surface area contributed by atoms with Crippen LogP contribution in [0.5, 0.6) is 0 Å². The van der Waals surface area contributed by atoms with Gasteiger partial charge in [0.15, 0.2) is 0 Å². The molecular weight excluding hydrogens is 575 g/mol. The number of nitrogens with two attached hydrogens (primary N) is 1. The van der Waals surface area contributed by atoms with Crippen molar-refractivity contribution in [3.8, 4) is 0 Å². The number of aliphatic hydroxyl groups is 1. The van der Waals surface area contributed by atoms with Crippen molar-refractivity contribution >= 4 is 29.3 Å². The number of phosphoric ester groups is 1. The van der Waals surface area contributed by atoms with Gasteiger partial charge in [-0.2, -0.15) is 13.6 Å². The van der Waals surface area contributed by atoms with Gasteiger partial charge in [-0.3, -0.25) is 9.09 Å². The molecule has 2 heterocycles. The second-order valence-corrected chi connectivity index (χ2v) is 12.1. The Morgan fingerprint density at radius 1 is 1.13 bits per heavy atom. The minimum absolute atomic E-state index is 0.123. The molecule has 0 aromatic carbocycles. The predicted octanol–water partition coefficient (Wildman–Crippen LogP) is -0.0463. The number of rotatable bonds is 14. The van der Waals surface area contributed by atoms with Gasteiger partial charge in [-0.25, -0.2) is 18.5 Å². The summed E-state index contributed by atoms with van der Waals surface area (Å²) in [4.78, 5) is 53.8. The van der Waals surface area contributed by atoms with Crippen molar-refractivity contribution in [1.29, 1.82) is 0 Å². The molecule has 1 aromatic rings. The van der Waals surface area contributed by atoms with Gasteiger partial charge in [-0.05, 0) is 25.7 Å². The Kier molecular flexibility index (Phi) is 14.4. The van der Waals surface area contributed by atoms with E-state index in [9.17, 15) is 28.5 Å². The van der Waals surface area contributed by atoms with Gasteiger partial charge >= 0.3 is 29.2 Å². The summed E-state index contributed by atoms with van der Waals surface area (Å²) >= 11 is 0. The monoisotopic (exact) mass is 611 g/mol. The molecule has 8 N–H and O–H groups in total. The number of nitrogens with one attached hydrogen (secondary N) is 1. The van der Waals surface area contributed by atoms with Gasteiger partial charge in [0.1, 0.15) is 18.1 Å². The molecule has 0 aliphatic carbocycles. The zero-order valence-electron chi connectivity index (χ0n) is 21.1. The third-order valence-corrected chi connectivity index (χ3v) is 8.76. The van der Waals surface area contributed by atoms with E-state index in [-0.39, 0.29) is 12.2 Å². The molecule has 2 unspecified atom stereocenters. The number of hydrogen-bond donors (Lipinski definition) is 7. The topological polar surface area (TPSA) is 265 Å². The quantitative estimate of drug-likeness (QED) is 0.136. The van der Waals surface area contributed by atoms with Crippen LogP contribution in [0.3, 0.4) is 0 Å². The average Bonchev–Trinajstić information content (AvgIpc) is 3.15. The van der Waals surface area contributed by atoms with Crippen molar-refractivity contribution < 1.29 is 56.3 Å².